The summed E-state index contributed by atoms with van der Waals surface area (Å²) in [6, 6.07) is 0. The lowest BCUT2D eigenvalue weighted by Crippen LogP contribution is -2.30. The molecule has 0 amide bonds. The first-order chi connectivity index (χ1) is 51.7. The third-order valence-electron chi connectivity index (χ3n) is 17.4. The van der Waals surface area contributed by atoms with Gasteiger partial charge in [0, 0.05) is 25.7 Å². The Kier molecular flexibility index (Phi) is 75.2. The topological polar surface area (TPSA) is 237 Å². The fourth-order valence-corrected chi connectivity index (χ4v) is 12.8. The lowest BCUT2D eigenvalue weighted by atomic mass is 10.0. The van der Waals surface area contributed by atoms with E-state index in [2.05, 4.69) is 149 Å². The Bertz CT molecular complexity index is 2480. The van der Waals surface area contributed by atoms with Crippen molar-refractivity contribution in [2.45, 2.75) is 367 Å². The van der Waals surface area contributed by atoms with Crippen LogP contribution in [-0.4, -0.2) is 96.7 Å². The van der Waals surface area contributed by atoms with Gasteiger partial charge in [-0.05, 0) is 128 Å². The predicted molar refractivity (Wildman–Crippen MR) is 436 cm³/mol. The highest BCUT2D eigenvalue weighted by Crippen LogP contribution is 2.45. The van der Waals surface area contributed by atoms with Crippen molar-refractivity contribution in [3.8, 4) is 0 Å². The molecule has 17 nitrogen and oxygen atoms in total. The van der Waals surface area contributed by atoms with E-state index < -0.39 is 97.5 Å². The number of aliphatic hydroxyl groups is 1. The minimum atomic E-state index is -4.99. The van der Waals surface area contributed by atoms with E-state index in [1.807, 2.05) is 0 Å². The van der Waals surface area contributed by atoms with Gasteiger partial charge in [0.1, 0.15) is 19.3 Å². The highest BCUT2D eigenvalue weighted by molar-refractivity contribution is 7.47. The smallest absolute Gasteiger partial charge is 0.462 e. The molecule has 0 aromatic rings. The maximum atomic E-state index is 13.1. The number of hydrogen-bond donors (Lipinski definition) is 3. The normalized spacial score (nSPS) is 14.4. The summed E-state index contributed by atoms with van der Waals surface area (Å²) in [6.45, 7) is 4.56. The van der Waals surface area contributed by atoms with Gasteiger partial charge < -0.3 is 33.8 Å². The average Bonchev–Trinajstić information content (AvgIpc) is 0.900. The summed E-state index contributed by atoms with van der Waals surface area (Å²) in [5, 5.41) is 10.7. The number of rotatable bonds is 78. The Hall–Kier alpha value is -4.54. The molecular weight excluding hydrogens is 1380 g/mol. The van der Waals surface area contributed by atoms with E-state index in [0.29, 0.717) is 25.7 Å². The number of ether oxygens (including phenoxy) is 4. The van der Waals surface area contributed by atoms with Gasteiger partial charge in [-0.1, -0.05) is 316 Å². The molecule has 5 atom stereocenters. The van der Waals surface area contributed by atoms with Crippen LogP contribution in [0.4, 0.5) is 0 Å². The van der Waals surface area contributed by atoms with Crippen LogP contribution < -0.4 is 0 Å². The van der Waals surface area contributed by atoms with Crippen molar-refractivity contribution in [3.63, 3.8) is 0 Å². The summed E-state index contributed by atoms with van der Waals surface area (Å²) in [7, 11) is -9.97. The zero-order valence-electron chi connectivity index (χ0n) is 66.8. The van der Waals surface area contributed by atoms with Crippen LogP contribution in [0.25, 0.3) is 0 Å². The van der Waals surface area contributed by atoms with Crippen molar-refractivity contribution in [2.24, 2.45) is 0 Å². The number of allylic oxidation sites excluding steroid dienone is 20. The van der Waals surface area contributed by atoms with Crippen molar-refractivity contribution in [2.75, 3.05) is 39.6 Å². The number of esters is 4. The van der Waals surface area contributed by atoms with Gasteiger partial charge in [0.2, 0.25) is 0 Å². The monoisotopic (exact) mass is 1530 g/mol. The molecule has 0 aliphatic carbocycles. The number of phosphoric acid groups is 2. The number of hydrogen-bond acceptors (Lipinski definition) is 15. The molecule has 0 saturated heterocycles. The van der Waals surface area contributed by atoms with Crippen LogP contribution in [-0.2, 0) is 65.4 Å². The first kappa shape index (κ1) is 101. The van der Waals surface area contributed by atoms with Crippen molar-refractivity contribution >= 4 is 39.5 Å². The van der Waals surface area contributed by atoms with Crippen LogP contribution in [0.3, 0.4) is 0 Å². The molecule has 610 valence electrons. The second kappa shape index (κ2) is 78.6. The molecule has 0 aromatic carbocycles. The largest absolute Gasteiger partial charge is 0.472 e. The van der Waals surface area contributed by atoms with E-state index in [4.69, 9.17) is 37.0 Å². The van der Waals surface area contributed by atoms with Crippen molar-refractivity contribution in [1.82, 2.24) is 0 Å². The van der Waals surface area contributed by atoms with E-state index in [-0.39, 0.29) is 25.7 Å². The number of aliphatic hydroxyl groups excluding tert-OH is 1. The molecule has 0 saturated carbocycles. The van der Waals surface area contributed by atoms with Crippen LogP contribution in [0.5, 0.6) is 0 Å². The molecule has 3 N–H and O–H groups in total. The lowest BCUT2D eigenvalue weighted by molar-refractivity contribution is -0.161. The third kappa shape index (κ3) is 77.6. The molecule has 0 rings (SSSR count). The second-order valence-electron chi connectivity index (χ2n) is 27.6. The Morgan fingerprint density at radius 3 is 0.755 bits per heavy atom. The standard InChI is InChI=1S/C87H150O17P2/c1-5-9-13-17-21-25-29-33-36-39-40-43-45-49-52-56-60-64-68-72-85(90)97-77-82(103-86(91)73-69-65-61-57-53-47-32-28-24-20-16-12-8-4)79-101-105(93,94)99-75-81(88)76-100-106(95,96)102-80-83(104-87(92)74-70-66-62-58-54-50-46-42-38-35-31-27-23-19-15-11-7-3)78-98-84(89)71-67-63-59-55-51-48-44-41-37-34-30-26-22-18-14-10-6-2/h9-11,13-15,21-23,25-27,33-38,40,43,81-83,88H,5-8,12,16-20,24,28-32,39,41-42,44-80H2,1-4H3,(H,93,94)(H,95,96)/b13-9-,14-10-,15-11-,25-21-,26-22-,27-23-,36-33-,37-34-,38-35-,43-40-. The maximum Gasteiger partial charge on any atom is 0.472 e. The highest BCUT2D eigenvalue weighted by Gasteiger charge is 2.30. The Morgan fingerprint density at radius 1 is 0.274 bits per heavy atom. The van der Waals surface area contributed by atoms with E-state index in [9.17, 15) is 43.2 Å². The van der Waals surface area contributed by atoms with Crippen LogP contribution in [0.1, 0.15) is 349 Å². The minimum absolute atomic E-state index is 0.0802. The molecule has 0 aliphatic rings. The Morgan fingerprint density at radius 2 is 0.491 bits per heavy atom. The molecule has 0 bridgehead atoms. The van der Waals surface area contributed by atoms with E-state index in [1.54, 1.807) is 0 Å². The van der Waals surface area contributed by atoms with Crippen molar-refractivity contribution in [1.29, 1.82) is 0 Å². The fourth-order valence-electron chi connectivity index (χ4n) is 11.2. The molecule has 0 aromatic heterocycles. The molecule has 0 heterocycles. The van der Waals surface area contributed by atoms with Gasteiger partial charge in [-0.3, -0.25) is 37.3 Å². The molecule has 0 radical (unpaired) electrons. The molecule has 5 unspecified atom stereocenters. The highest BCUT2D eigenvalue weighted by atomic mass is 31.2. The summed E-state index contributed by atoms with van der Waals surface area (Å²) in [5.41, 5.74) is 0. The number of carbonyl (C=O) groups is 4. The van der Waals surface area contributed by atoms with Gasteiger partial charge in [0.15, 0.2) is 12.2 Å². The molecule has 106 heavy (non-hydrogen) atoms. The van der Waals surface area contributed by atoms with Crippen LogP contribution in [0.15, 0.2) is 122 Å². The lowest BCUT2D eigenvalue weighted by Gasteiger charge is -2.21. The van der Waals surface area contributed by atoms with Gasteiger partial charge >= 0.3 is 39.5 Å². The summed E-state index contributed by atoms with van der Waals surface area (Å²) >= 11 is 0. The zero-order chi connectivity index (χ0) is 77.4. The van der Waals surface area contributed by atoms with Gasteiger partial charge in [0.25, 0.3) is 0 Å². The molecule has 19 heteroatoms. The molecular formula is C87H150O17P2. The quantitative estimate of drug-likeness (QED) is 0.0169. The predicted octanol–water partition coefficient (Wildman–Crippen LogP) is 24.7. The van der Waals surface area contributed by atoms with Crippen LogP contribution in [0, 0.1) is 0 Å². The minimum Gasteiger partial charge on any atom is -0.462 e. The molecule has 0 fully saturated rings. The average molecular weight is 1530 g/mol. The van der Waals surface area contributed by atoms with Gasteiger partial charge in [0.05, 0.1) is 26.4 Å². The first-order valence-corrected chi connectivity index (χ1v) is 44.8. The molecule has 0 spiro atoms. The van der Waals surface area contributed by atoms with Gasteiger partial charge in [-0.25, -0.2) is 9.13 Å². The Balaban J connectivity index is 5.36. The van der Waals surface area contributed by atoms with Crippen molar-refractivity contribution < 1.29 is 80.2 Å². The summed E-state index contributed by atoms with van der Waals surface area (Å²) < 4.78 is 68.8. The van der Waals surface area contributed by atoms with Crippen molar-refractivity contribution in [3.05, 3.63) is 122 Å². The number of unbranched alkanes of at least 4 members (excludes halogenated alkanes) is 32. The van der Waals surface area contributed by atoms with Gasteiger partial charge in [-0.2, -0.15) is 0 Å². The van der Waals surface area contributed by atoms with E-state index in [0.717, 1.165) is 218 Å². The van der Waals surface area contributed by atoms with Crippen LogP contribution >= 0.6 is 15.6 Å². The number of phosphoric ester groups is 2. The molecule has 0 aliphatic heterocycles. The zero-order valence-corrected chi connectivity index (χ0v) is 68.6. The number of carbonyl (C=O) groups excluding carboxylic acids is 4. The van der Waals surface area contributed by atoms with E-state index >= 15 is 0 Å². The first-order valence-electron chi connectivity index (χ1n) is 41.8. The Labute approximate surface area is 644 Å². The van der Waals surface area contributed by atoms with Crippen LogP contribution in [0.2, 0.25) is 0 Å². The maximum absolute atomic E-state index is 13.1. The summed E-state index contributed by atoms with van der Waals surface area (Å²) in [6.07, 6.45) is 87.3. The summed E-state index contributed by atoms with van der Waals surface area (Å²) in [5.74, 6) is -2.19. The SMILES string of the molecule is CC/C=C\C/C=C\C/C=C\C/C=C\CCCCCCCCC(=O)OCC(COP(=O)(O)OCC(O)COP(=O)(O)OCC(COC(=O)CCCCCCCCC/C=C\C/C=C\C/C=C\CC)OC(=O)CCCCCCCCC/C=C\C/C=C\C/C=C\CC)OC(=O)CCCCCCCCCCCCCCC. The fraction of sp³-hybridized carbons (Fsp3) is 0.724. The second-order valence-corrected chi connectivity index (χ2v) is 30.5. The van der Waals surface area contributed by atoms with Gasteiger partial charge in [-0.15, -0.1) is 0 Å². The third-order valence-corrected chi connectivity index (χ3v) is 19.3. The summed E-state index contributed by atoms with van der Waals surface area (Å²) in [4.78, 5) is 73.2. The van der Waals surface area contributed by atoms with E-state index in [1.165, 1.54) is 51.4 Å².